The van der Waals surface area contributed by atoms with Gasteiger partial charge in [0.15, 0.2) is 5.96 Å². The summed E-state index contributed by atoms with van der Waals surface area (Å²) >= 11 is 0. The Labute approximate surface area is 163 Å². The summed E-state index contributed by atoms with van der Waals surface area (Å²) in [6.07, 6.45) is 0. The zero-order valence-corrected chi connectivity index (χ0v) is 17.4. The average molecular weight is 446 g/mol. The topological polar surface area (TPSA) is 48.9 Å². The Kier molecular flexibility index (Phi) is 10.3. The lowest BCUT2D eigenvalue weighted by Crippen LogP contribution is -2.40. The zero-order chi connectivity index (χ0) is 16.5. The van der Waals surface area contributed by atoms with E-state index in [0.717, 1.165) is 45.4 Å². The number of rotatable bonds is 6. The molecule has 0 radical (unpaired) electrons. The van der Waals surface area contributed by atoms with Crippen LogP contribution in [-0.2, 0) is 17.8 Å². The molecule has 0 amide bonds. The first-order valence-electron chi connectivity index (χ1n) is 8.60. The predicted octanol–water partition coefficient (Wildman–Crippen LogP) is 2.60. The molecule has 5 nitrogen and oxygen atoms in total. The first-order valence-corrected chi connectivity index (χ1v) is 8.60. The second-order valence-corrected chi connectivity index (χ2v) is 6.20. The molecule has 0 unspecified atom stereocenters. The van der Waals surface area contributed by atoms with Crippen molar-refractivity contribution in [2.75, 3.05) is 32.8 Å². The molecule has 1 saturated heterocycles. The van der Waals surface area contributed by atoms with E-state index in [0.29, 0.717) is 12.6 Å². The highest BCUT2D eigenvalue weighted by Crippen LogP contribution is 2.10. The lowest BCUT2D eigenvalue weighted by atomic mass is 10.1. The van der Waals surface area contributed by atoms with E-state index in [1.807, 2.05) is 0 Å². The van der Waals surface area contributed by atoms with Crippen LogP contribution < -0.4 is 10.6 Å². The van der Waals surface area contributed by atoms with Gasteiger partial charge in [-0.25, -0.2) is 4.99 Å². The van der Waals surface area contributed by atoms with E-state index < -0.39 is 0 Å². The van der Waals surface area contributed by atoms with Crippen molar-refractivity contribution in [2.45, 2.75) is 39.9 Å². The van der Waals surface area contributed by atoms with Crippen molar-refractivity contribution in [1.29, 1.82) is 0 Å². The van der Waals surface area contributed by atoms with Crippen molar-refractivity contribution in [1.82, 2.24) is 15.5 Å². The average Bonchev–Trinajstić information content (AvgIpc) is 2.55. The van der Waals surface area contributed by atoms with E-state index in [2.05, 4.69) is 65.6 Å². The zero-order valence-electron chi connectivity index (χ0n) is 15.0. The summed E-state index contributed by atoms with van der Waals surface area (Å²) in [6.45, 7) is 12.6. The maximum Gasteiger partial charge on any atom is 0.191 e. The van der Waals surface area contributed by atoms with E-state index in [9.17, 15) is 0 Å². The molecular formula is C18H31IN4O. The molecule has 1 aliphatic rings. The van der Waals surface area contributed by atoms with Gasteiger partial charge >= 0.3 is 0 Å². The van der Waals surface area contributed by atoms with Crippen LogP contribution in [0.3, 0.4) is 0 Å². The lowest BCUT2D eigenvalue weighted by Gasteiger charge is -2.26. The van der Waals surface area contributed by atoms with E-state index in [4.69, 9.17) is 4.74 Å². The van der Waals surface area contributed by atoms with Crippen molar-refractivity contribution in [3.05, 3.63) is 35.4 Å². The first-order chi connectivity index (χ1) is 11.2. The van der Waals surface area contributed by atoms with E-state index >= 15 is 0 Å². The Bertz CT molecular complexity index is 484. The highest BCUT2D eigenvalue weighted by molar-refractivity contribution is 14.0. The van der Waals surface area contributed by atoms with Crippen LogP contribution in [0, 0.1) is 0 Å². The minimum atomic E-state index is 0. The van der Waals surface area contributed by atoms with Gasteiger partial charge < -0.3 is 15.4 Å². The summed E-state index contributed by atoms with van der Waals surface area (Å²) in [6, 6.07) is 9.16. The fraction of sp³-hybridized carbons (Fsp3) is 0.611. The van der Waals surface area contributed by atoms with E-state index in [1.165, 1.54) is 11.1 Å². The fourth-order valence-electron chi connectivity index (χ4n) is 2.53. The number of aliphatic imine (C=N–C) groups is 1. The van der Waals surface area contributed by atoms with Crippen LogP contribution in [0.1, 0.15) is 31.9 Å². The molecule has 0 atom stereocenters. The van der Waals surface area contributed by atoms with Crippen LogP contribution in [0.25, 0.3) is 0 Å². The number of hydrogen-bond acceptors (Lipinski definition) is 3. The normalized spacial score (nSPS) is 15.9. The predicted molar refractivity (Wildman–Crippen MR) is 111 cm³/mol. The van der Waals surface area contributed by atoms with Gasteiger partial charge in [-0.15, -0.1) is 24.0 Å². The monoisotopic (exact) mass is 446 g/mol. The van der Waals surface area contributed by atoms with Gasteiger partial charge in [-0.05, 0) is 31.9 Å². The molecule has 6 heteroatoms. The number of guanidine groups is 1. The maximum absolute atomic E-state index is 5.39. The summed E-state index contributed by atoms with van der Waals surface area (Å²) in [7, 11) is 0. The van der Waals surface area contributed by atoms with Gasteiger partial charge in [-0.2, -0.15) is 0 Å². The molecule has 24 heavy (non-hydrogen) atoms. The molecule has 0 aromatic heterocycles. The molecule has 136 valence electrons. The minimum absolute atomic E-state index is 0. The van der Waals surface area contributed by atoms with Crippen molar-refractivity contribution in [3.63, 3.8) is 0 Å². The molecule has 0 spiro atoms. The summed E-state index contributed by atoms with van der Waals surface area (Å²) in [5, 5.41) is 6.61. The SMILES string of the molecule is CCNC(=NCc1ccc(CN2CCOCC2)cc1)NC(C)C.I. The van der Waals surface area contributed by atoms with Crippen LogP contribution in [0.2, 0.25) is 0 Å². The van der Waals surface area contributed by atoms with Crippen molar-refractivity contribution >= 4 is 29.9 Å². The Balaban J connectivity index is 0.00000288. The van der Waals surface area contributed by atoms with Gasteiger partial charge in [-0.3, -0.25) is 4.90 Å². The summed E-state index contributed by atoms with van der Waals surface area (Å²) < 4.78 is 5.39. The van der Waals surface area contributed by atoms with Crippen LogP contribution in [0.4, 0.5) is 0 Å². The first kappa shape index (κ1) is 21.2. The van der Waals surface area contributed by atoms with Gasteiger partial charge in [-0.1, -0.05) is 24.3 Å². The Morgan fingerprint density at radius 2 is 1.79 bits per heavy atom. The smallest absolute Gasteiger partial charge is 0.191 e. The molecule has 0 aliphatic carbocycles. The van der Waals surface area contributed by atoms with Gasteiger partial charge in [0, 0.05) is 32.2 Å². The highest BCUT2D eigenvalue weighted by atomic mass is 127. The highest BCUT2D eigenvalue weighted by Gasteiger charge is 2.10. The summed E-state index contributed by atoms with van der Waals surface area (Å²) in [5.74, 6) is 0.875. The minimum Gasteiger partial charge on any atom is -0.379 e. The molecular weight excluding hydrogens is 415 g/mol. The number of nitrogens with one attached hydrogen (secondary N) is 2. The van der Waals surface area contributed by atoms with Crippen molar-refractivity contribution in [2.24, 2.45) is 4.99 Å². The largest absolute Gasteiger partial charge is 0.379 e. The van der Waals surface area contributed by atoms with Crippen LogP contribution in [-0.4, -0.2) is 49.7 Å². The number of benzene rings is 1. The number of nitrogens with zero attached hydrogens (tertiary/aromatic N) is 2. The molecule has 1 aromatic carbocycles. The third-order valence-electron chi connectivity index (χ3n) is 3.72. The molecule has 0 saturated carbocycles. The molecule has 1 fully saturated rings. The number of hydrogen-bond donors (Lipinski definition) is 2. The third-order valence-corrected chi connectivity index (χ3v) is 3.72. The third kappa shape index (κ3) is 7.81. The second kappa shape index (κ2) is 11.7. The quantitative estimate of drug-likeness (QED) is 0.401. The fourth-order valence-corrected chi connectivity index (χ4v) is 2.53. The summed E-state index contributed by atoms with van der Waals surface area (Å²) in [4.78, 5) is 7.07. The molecule has 2 N–H and O–H groups in total. The molecule has 2 rings (SSSR count). The van der Waals surface area contributed by atoms with Gasteiger partial charge in [0.05, 0.1) is 19.8 Å². The molecule has 0 bridgehead atoms. The van der Waals surface area contributed by atoms with Crippen molar-refractivity contribution in [3.8, 4) is 0 Å². The van der Waals surface area contributed by atoms with Crippen LogP contribution >= 0.6 is 24.0 Å². The second-order valence-electron chi connectivity index (χ2n) is 6.20. The number of halogens is 1. The number of morpholine rings is 1. The van der Waals surface area contributed by atoms with E-state index in [1.54, 1.807) is 0 Å². The van der Waals surface area contributed by atoms with E-state index in [-0.39, 0.29) is 24.0 Å². The van der Waals surface area contributed by atoms with Crippen LogP contribution in [0.15, 0.2) is 29.3 Å². The number of ether oxygens (including phenoxy) is 1. The standard InChI is InChI=1S/C18H30N4O.HI/c1-4-19-18(21-15(2)3)20-13-16-5-7-17(8-6-16)14-22-9-11-23-12-10-22;/h5-8,15H,4,9-14H2,1-3H3,(H2,19,20,21);1H. The van der Waals surface area contributed by atoms with Gasteiger partial charge in [0.2, 0.25) is 0 Å². The van der Waals surface area contributed by atoms with Crippen molar-refractivity contribution < 1.29 is 4.74 Å². The Hall–Kier alpha value is -0.860. The molecule has 1 heterocycles. The Morgan fingerprint density at radius 1 is 1.17 bits per heavy atom. The Morgan fingerprint density at radius 3 is 2.38 bits per heavy atom. The van der Waals surface area contributed by atoms with Gasteiger partial charge in [0.1, 0.15) is 0 Å². The maximum atomic E-state index is 5.39. The molecule has 1 aromatic rings. The van der Waals surface area contributed by atoms with Gasteiger partial charge in [0.25, 0.3) is 0 Å². The molecule has 1 aliphatic heterocycles. The van der Waals surface area contributed by atoms with Crippen LogP contribution in [0.5, 0.6) is 0 Å². The lowest BCUT2D eigenvalue weighted by molar-refractivity contribution is 0.0342. The summed E-state index contributed by atoms with van der Waals surface area (Å²) in [5.41, 5.74) is 2.59.